The summed E-state index contributed by atoms with van der Waals surface area (Å²) in [4.78, 5) is 0. The Morgan fingerprint density at radius 1 is 1.00 bits per heavy atom. The Kier molecular flexibility index (Phi) is 21.8. The van der Waals surface area contributed by atoms with Crippen LogP contribution in [0, 0.1) is 0 Å². The fraction of sp³-hybridized carbons (Fsp3) is 0. The molecule has 0 aromatic rings. The monoisotopic (exact) mass is 188 g/mol. The fourth-order valence-corrected chi connectivity index (χ4v) is 0. The molecule has 53 valence electrons. The third-order valence-electron chi connectivity index (χ3n) is 0. The zero-order valence-electron chi connectivity index (χ0n) is 4.39. The van der Waals surface area contributed by atoms with Gasteiger partial charge >= 0.3 is 17.1 Å². The molecule has 0 bridgehead atoms. The van der Waals surface area contributed by atoms with Gasteiger partial charge in [0.05, 0.1) is 0 Å². The third-order valence-corrected chi connectivity index (χ3v) is 0. The van der Waals surface area contributed by atoms with Crippen LogP contribution in [0.1, 0.15) is 0 Å². The first-order chi connectivity index (χ1) is 2.00. The van der Waals surface area contributed by atoms with Crippen LogP contribution < -0.4 is 12.3 Å². The quantitative estimate of drug-likeness (QED) is 0.296. The molecule has 0 amide bonds. The third kappa shape index (κ3) is 1860. The predicted molar refractivity (Wildman–Crippen MR) is 22.4 cm³/mol. The van der Waals surface area contributed by atoms with Gasteiger partial charge in [-0.25, -0.2) is 0 Å². The Bertz CT molecular complexity index is 97.2. The molecule has 8 heavy (non-hydrogen) atoms. The van der Waals surface area contributed by atoms with Crippen LogP contribution in [-0.4, -0.2) is 17.5 Å². The van der Waals surface area contributed by atoms with Crippen molar-refractivity contribution in [2.75, 3.05) is 0 Å². The summed E-state index contributed by atoms with van der Waals surface area (Å²) in [5.74, 6) is 0. The van der Waals surface area contributed by atoms with Gasteiger partial charge in [-0.1, -0.05) is 0 Å². The van der Waals surface area contributed by atoms with E-state index in [2.05, 4.69) is 0 Å². The molecular formula is H8FeN2O4S+3. The predicted octanol–water partition coefficient (Wildman–Crippen LogP) is -0.588. The van der Waals surface area contributed by atoms with Crippen molar-refractivity contribution in [3.05, 3.63) is 0 Å². The average molecular weight is 188 g/mol. The van der Waals surface area contributed by atoms with Gasteiger partial charge in [0.15, 0.2) is 0 Å². The maximum Gasteiger partial charge on any atom is 3.00 e. The molecule has 6 nitrogen and oxygen atoms in total. The second-order valence-corrected chi connectivity index (χ2v) is 1.22. The summed E-state index contributed by atoms with van der Waals surface area (Å²) in [5.41, 5.74) is 0. The van der Waals surface area contributed by atoms with Gasteiger partial charge in [-0.3, -0.25) is 8.42 Å². The molecule has 0 aromatic carbocycles. The van der Waals surface area contributed by atoms with Crippen molar-refractivity contribution in [3.63, 3.8) is 0 Å². The summed E-state index contributed by atoms with van der Waals surface area (Å²) in [6, 6.07) is 0. The molecule has 0 heterocycles. The van der Waals surface area contributed by atoms with Gasteiger partial charge in [0.2, 0.25) is 0 Å². The van der Waals surface area contributed by atoms with Gasteiger partial charge in [0.1, 0.15) is 0 Å². The molecule has 8 heteroatoms. The van der Waals surface area contributed by atoms with Crippen molar-refractivity contribution < 1.29 is 34.6 Å². The van der Waals surface area contributed by atoms with E-state index in [1.54, 1.807) is 0 Å². The van der Waals surface area contributed by atoms with Crippen LogP contribution >= 0.6 is 0 Å². The fourth-order valence-electron chi connectivity index (χ4n) is 0. The number of rotatable bonds is 0. The molecule has 0 saturated heterocycles. The number of hydrogen-bond acceptors (Lipinski definition) is 4. The van der Waals surface area contributed by atoms with E-state index in [1.165, 1.54) is 0 Å². The van der Waals surface area contributed by atoms with Gasteiger partial charge in [-0.05, 0) is 0 Å². The van der Waals surface area contributed by atoms with E-state index in [-0.39, 0.29) is 29.4 Å². The average Bonchev–Trinajstić information content (AvgIpc) is 0.722. The number of hydrogen-bond donors (Lipinski definition) is 2. The van der Waals surface area contributed by atoms with E-state index < -0.39 is 10.4 Å². The molecule has 0 fully saturated rings. The molecule has 0 saturated carbocycles. The second-order valence-electron chi connectivity index (χ2n) is 0.408. The van der Waals surface area contributed by atoms with Crippen LogP contribution in [0.2, 0.25) is 0 Å². The van der Waals surface area contributed by atoms with E-state index >= 15 is 0 Å². The van der Waals surface area contributed by atoms with Crippen LogP contribution in [0.25, 0.3) is 0 Å². The van der Waals surface area contributed by atoms with Crippen LogP contribution in [0.3, 0.4) is 0 Å². The first kappa shape index (κ1) is 23.9. The minimum absolute atomic E-state index is 0. The van der Waals surface area contributed by atoms with Crippen molar-refractivity contribution in [1.29, 1.82) is 0 Å². The topological polar surface area (TPSA) is 153 Å². The first-order valence-electron chi connectivity index (χ1n) is 0.667. The van der Waals surface area contributed by atoms with Gasteiger partial charge in [-0.15, -0.1) is 0 Å². The zero-order chi connectivity index (χ0) is 4.50. The van der Waals surface area contributed by atoms with Crippen molar-refractivity contribution in [2.45, 2.75) is 0 Å². The van der Waals surface area contributed by atoms with Crippen molar-refractivity contribution in [3.8, 4) is 0 Å². The summed E-state index contributed by atoms with van der Waals surface area (Å²) in [6.45, 7) is 0. The van der Waals surface area contributed by atoms with Crippen molar-refractivity contribution >= 4 is 10.4 Å². The van der Waals surface area contributed by atoms with Crippen molar-refractivity contribution in [2.24, 2.45) is 0 Å². The first-order valence-corrected chi connectivity index (χ1v) is 2.00. The molecule has 0 atom stereocenters. The van der Waals surface area contributed by atoms with E-state index in [4.69, 9.17) is 17.5 Å². The van der Waals surface area contributed by atoms with E-state index in [9.17, 15) is 0 Å². The summed E-state index contributed by atoms with van der Waals surface area (Å²) in [6.07, 6.45) is 0. The normalized spacial score (nSPS) is 7.25. The summed E-state index contributed by atoms with van der Waals surface area (Å²) in [5, 5.41) is 0. The molecular weight excluding hydrogens is 180 g/mol. The SMILES string of the molecule is O=S(=O)([O-])[O-].[Fe+3].[NH4+].[NH4+]. The molecule has 0 aliphatic heterocycles. The largest absolute Gasteiger partial charge is 3.00 e. The summed E-state index contributed by atoms with van der Waals surface area (Å²) >= 11 is 0. The van der Waals surface area contributed by atoms with Crippen LogP contribution in [-0.2, 0) is 27.5 Å². The standard InChI is InChI=1S/Fe.2H3N.H2O4S/c;;;1-5(2,3)4/h;2*1H3;(H2,1,2,3,4)/q+3;;;. The molecule has 0 aliphatic rings. The minimum Gasteiger partial charge on any atom is -0.759 e. The van der Waals surface area contributed by atoms with E-state index in [0.29, 0.717) is 0 Å². The van der Waals surface area contributed by atoms with Gasteiger partial charge in [0, 0.05) is 10.4 Å². The van der Waals surface area contributed by atoms with Gasteiger partial charge in [0.25, 0.3) is 0 Å². The van der Waals surface area contributed by atoms with Crippen LogP contribution in [0.5, 0.6) is 0 Å². The molecule has 0 unspecified atom stereocenters. The molecule has 8 N–H and O–H groups in total. The smallest absolute Gasteiger partial charge is 0.759 e. The van der Waals surface area contributed by atoms with Crippen molar-refractivity contribution in [1.82, 2.24) is 12.3 Å². The summed E-state index contributed by atoms with van der Waals surface area (Å²) in [7, 11) is -5.17. The molecule has 1 radical (unpaired) electrons. The van der Waals surface area contributed by atoms with E-state index in [0.717, 1.165) is 0 Å². The molecule has 0 aromatic heterocycles. The molecule has 0 spiro atoms. The Hall–Kier alpha value is 0.309. The number of quaternary nitrogens is 2. The maximum atomic E-state index is 8.52. The molecule has 0 aliphatic carbocycles. The Balaban J connectivity index is -0.0000000267. The van der Waals surface area contributed by atoms with Gasteiger partial charge in [-0.2, -0.15) is 0 Å². The Morgan fingerprint density at radius 2 is 1.00 bits per heavy atom. The Morgan fingerprint density at radius 3 is 1.00 bits per heavy atom. The minimum atomic E-state index is -5.17. The van der Waals surface area contributed by atoms with Crippen LogP contribution in [0.15, 0.2) is 0 Å². The van der Waals surface area contributed by atoms with Gasteiger partial charge < -0.3 is 21.4 Å². The summed E-state index contributed by atoms with van der Waals surface area (Å²) < 4.78 is 34.1. The second kappa shape index (κ2) is 7.31. The maximum absolute atomic E-state index is 8.52. The zero-order valence-corrected chi connectivity index (χ0v) is 6.32. The van der Waals surface area contributed by atoms with E-state index in [1.807, 2.05) is 0 Å². The Labute approximate surface area is 57.9 Å². The van der Waals surface area contributed by atoms with Crippen LogP contribution in [0.4, 0.5) is 0 Å². The molecule has 0 rings (SSSR count).